The van der Waals surface area contributed by atoms with Crippen molar-refractivity contribution in [2.45, 2.75) is 316 Å². The number of unbranched alkanes of at least 4 members (excludes halogenated alkanes) is 26. The van der Waals surface area contributed by atoms with Crippen LogP contribution in [0.15, 0.2) is 0 Å². The van der Waals surface area contributed by atoms with Gasteiger partial charge in [0.1, 0.15) is 98.7 Å². The standard InChI is InChI=1S/C22H44O2.2C12H22O11.C12H24O2/c1-2-3-4-5-6-7-8-9-10-11-12-13-14-15-16-17-18-19-20-21-22(23)24;2*13-1-4-6(16)8(18)9(19)11(21-4)23-12(3-15)10(20)7(17)5(2-14)22-12;1-2-3-4-5-6-7-8-9-10-11-12(13)14/h2-21H2,1H3,(H,23,24);2*4-11,13-20H,1-3H2;2-11H2,1H3,(H,13,14)/t;2*4-,5-,6-,7-,8+,9-,10+,11-,12+;/m.11./s1. The van der Waals surface area contributed by atoms with Gasteiger partial charge in [-0.2, -0.15) is 0 Å². The summed E-state index contributed by atoms with van der Waals surface area (Å²) in [5.74, 6) is -5.75. The van der Waals surface area contributed by atoms with Crippen LogP contribution in [0.1, 0.15) is 206 Å². The highest BCUT2D eigenvalue weighted by molar-refractivity contribution is 5.66. The third-order valence-corrected chi connectivity index (χ3v) is 15.6. The SMILES string of the molecule is CCCCCCCCCCCC(=O)O.CCCCCCCCCCCCCCCCCCCCCC(=O)O.OC[C@H]1O[C@@](CO)(O[C@H]2O[C@H](CO)[C@@H](O)[C@H](O)[C@H]2O)[C@@H](O)[C@@H]1O.OC[C@H]1O[C@@](CO)(O[C@H]2O[C@H](CO)[C@@H](O)[C@H](O)[C@H]2O)[C@@H](O)[C@@H]1O. The number of hydrogen-bond acceptors (Lipinski definition) is 24. The molecule has 0 bridgehead atoms. The summed E-state index contributed by atoms with van der Waals surface area (Å²) >= 11 is 0. The van der Waals surface area contributed by atoms with Crippen molar-refractivity contribution in [1.29, 1.82) is 0 Å². The summed E-state index contributed by atoms with van der Waals surface area (Å²) in [6.45, 7) is -0.134. The number of carboxylic acids is 2. The lowest BCUT2D eigenvalue weighted by Crippen LogP contribution is -2.62. The van der Waals surface area contributed by atoms with Gasteiger partial charge in [-0.3, -0.25) is 9.59 Å². The maximum absolute atomic E-state index is 10.4. The molecule has 0 aromatic rings. The van der Waals surface area contributed by atoms with Gasteiger partial charge in [-0.1, -0.05) is 181 Å². The largest absolute Gasteiger partial charge is 0.481 e. The van der Waals surface area contributed by atoms with E-state index in [1.54, 1.807) is 0 Å². The predicted molar refractivity (Wildman–Crippen MR) is 302 cm³/mol. The molecule has 18 N–H and O–H groups in total. The zero-order chi connectivity index (χ0) is 63.1. The van der Waals surface area contributed by atoms with Crippen LogP contribution in [-0.2, 0) is 38.0 Å². The van der Waals surface area contributed by atoms with Gasteiger partial charge in [0.05, 0.1) is 26.4 Å². The van der Waals surface area contributed by atoms with Crippen molar-refractivity contribution in [3.8, 4) is 0 Å². The molecule has 0 aromatic carbocycles. The van der Waals surface area contributed by atoms with E-state index < -0.39 is 161 Å². The molecule has 4 fully saturated rings. The number of aliphatic carboxylic acids is 2. The summed E-state index contributed by atoms with van der Waals surface area (Å²) in [6.07, 6.45) is 12.3. The van der Waals surface area contributed by atoms with E-state index in [4.69, 9.17) is 59.1 Å². The first-order valence-corrected chi connectivity index (χ1v) is 31.1. The highest BCUT2D eigenvalue weighted by atomic mass is 16.8. The zero-order valence-electron chi connectivity index (χ0n) is 50.0. The Balaban J connectivity index is 0.000000569. The van der Waals surface area contributed by atoms with E-state index in [2.05, 4.69) is 13.8 Å². The second kappa shape index (κ2) is 46.2. The third kappa shape index (κ3) is 28.7. The van der Waals surface area contributed by atoms with Crippen LogP contribution in [0.3, 0.4) is 0 Å². The molecule has 0 saturated carbocycles. The number of ether oxygens (including phenoxy) is 6. The topological polar surface area (TPSA) is 454 Å². The van der Waals surface area contributed by atoms with Crippen LogP contribution in [0.4, 0.5) is 0 Å². The Labute approximate surface area is 496 Å². The molecular weight excluding hydrogens is 1110 g/mol. The minimum Gasteiger partial charge on any atom is -0.481 e. The van der Waals surface area contributed by atoms with E-state index >= 15 is 0 Å². The normalized spacial score (nSPS) is 32.9. The second-order valence-corrected chi connectivity index (χ2v) is 22.6. The first kappa shape index (κ1) is 80.1. The molecule has 4 aliphatic rings. The molecule has 0 aromatic heterocycles. The minimum absolute atomic E-state index is 0.343. The van der Waals surface area contributed by atoms with Gasteiger partial charge in [0.25, 0.3) is 0 Å². The number of aliphatic hydroxyl groups excluding tert-OH is 16. The molecule has 500 valence electrons. The van der Waals surface area contributed by atoms with E-state index in [0.717, 1.165) is 25.7 Å². The van der Waals surface area contributed by atoms with E-state index in [-0.39, 0.29) is 0 Å². The zero-order valence-corrected chi connectivity index (χ0v) is 50.0. The number of aliphatic hydroxyl groups is 16. The molecule has 26 heteroatoms. The van der Waals surface area contributed by atoms with Gasteiger partial charge in [0, 0.05) is 12.8 Å². The van der Waals surface area contributed by atoms with E-state index in [0.29, 0.717) is 12.8 Å². The van der Waals surface area contributed by atoms with E-state index in [1.165, 1.54) is 154 Å². The molecule has 0 aliphatic carbocycles. The van der Waals surface area contributed by atoms with Gasteiger partial charge in [-0.05, 0) is 12.8 Å². The van der Waals surface area contributed by atoms with Crippen molar-refractivity contribution in [2.24, 2.45) is 0 Å². The third-order valence-electron chi connectivity index (χ3n) is 15.6. The van der Waals surface area contributed by atoms with Crippen molar-refractivity contribution in [1.82, 2.24) is 0 Å². The van der Waals surface area contributed by atoms with Crippen molar-refractivity contribution in [2.75, 3.05) is 39.6 Å². The summed E-state index contributed by atoms with van der Waals surface area (Å²) in [5, 5.41) is 170. The molecule has 0 unspecified atom stereocenters. The summed E-state index contributed by atoms with van der Waals surface area (Å²) in [7, 11) is 0. The lowest BCUT2D eigenvalue weighted by atomic mass is 9.99. The maximum atomic E-state index is 10.4. The average molecular weight is 1230 g/mol. The summed E-state index contributed by atoms with van der Waals surface area (Å²) in [5.41, 5.74) is 0. The van der Waals surface area contributed by atoms with Crippen LogP contribution < -0.4 is 0 Å². The first-order chi connectivity index (χ1) is 40.2. The van der Waals surface area contributed by atoms with Crippen LogP contribution in [-0.4, -0.2) is 253 Å². The maximum Gasteiger partial charge on any atom is 0.303 e. The second-order valence-electron chi connectivity index (χ2n) is 22.6. The number of rotatable bonds is 40. The van der Waals surface area contributed by atoms with Gasteiger partial charge < -0.3 is 120 Å². The molecule has 0 amide bonds. The fourth-order valence-corrected chi connectivity index (χ4v) is 10.2. The highest BCUT2D eigenvalue weighted by Crippen LogP contribution is 2.38. The first-order valence-electron chi connectivity index (χ1n) is 31.1. The Bertz CT molecular complexity index is 1550. The monoisotopic (exact) mass is 1220 g/mol. The smallest absolute Gasteiger partial charge is 0.303 e. The Morgan fingerprint density at radius 2 is 0.571 bits per heavy atom. The Morgan fingerprint density at radius 3 is 0.774 bits per heavy atom. The number of hydrogen-bond donors (Lipinski definition) is 18. The highest BCUT2D eigenvalue weighted by Gasteiger charge is 2.60. The van der Waals surface area contributed by atoms with Gasteiger partial charge >= 0.3 is 11.9 Å². The van der Waals surface area contributed by atoms with Crippen LogP contribution in [0, 0.1) is 0 Å². The minimum atomic E-state index is -2.22. The summed E-state index contributed by atoms with van der Waals surface area (Å²) in [6, 6.07) is 0. The average Bonchev–Trinajstić information content (AvgIpc) is 2.87. The molecule has 4 rings (SSSR count). The summed E-state index contributed by atoms with van der Waals surface area (Å²) < 4.78 is 30.9. The van der Waals surface area contributed by atoms with Crippen LogP contribution in [0.2, 0.25) is 0 Å². The van der Waals surface area contributed by atoms with Crippen molar-refractivity contribution in [3.05, 3.63) is 0 Å². The Morgan fingerprint density at radius 1 is 0.333 bits per heavy atom. The van der Waals surface area contributed by atoms with Crippen LogP contribution >= 0.6 is 0 Å². The summed E-state index contributed by atoms with van der Waals surface area (Å²) in [4.78, 5) is 20.6. The molecule has 18 atom stereocenters. The molecule has 0 spiro atoms. The van der Waals surface area contributed by atoms with Crippen molar-refractivity contribution < 1.29 is 130 Å². The fraction of sp³-hybridized carbons (Fsp3) is 0.966. The molecule has 26 nitrogen and oxygen atoms in total. The predicted octanol–water partition coefficient (Wildman–Crippen LogP) is 1.09. The van der Waals surface area contributed by atoms with E-state index in [1.807, 2.05) is 0 Å². The number of carboxylic acid groups (broad SMARTS) is 2. The fourth-order valence-electron chi connectivity index (χ4n) is 10.2. The van der Waals surface area contributed by atoms with Crippen molar-refractivity contribution >= 4 is 11.9 Å². The van der Waals surface area contributed by atoms with Gasteiger partial charge in [-0.15, -0.1) is 0 Å². The molecule has 4 saturated heterocycles. The number of carbonyl (C=O) groups is 2. The molecular formula is C58H112O26. The van der Waals surface area contributed by atoms with Gasteiger partial charge in [0.15, 0.2) is 12.6 Å². The Hall–Kier alpha value is -1.94. The molecule has 0 radical (unpaired) electrons. The molecule has 4 aliphatic heterocycles. The van der Waals surface area contributed by atoms with Crippen molar-refractivity contribution in [3.63, 3.8) is 0 Å². The lowest BCUT2D eigenvalue weighted by molar-refractivity contribution is -0.383. The molecule has 84 heavy (non-hydrogen) atoms. The van der Waals surface area contributed by atoms with Gasteiger partial charge in [0.2, 0.25) is 11.6 Å². The molecule has 4 heterocycles. The lowest BCUT2D eigenvalue weighted by Gasteiger charge is -2.43. The van der Waals surface area contributed by atoms with Crippen LogP contribution in [0.5, 0.6) is 0 Å². The Kier molecular flexibility index (Phi) is 44.0. The quantitative estimate of drug-likeness (QED) is 0.0382. The van der Waals surface area contributed by atoms with Crippen LogP contribution in [0.25, 0.3) is 0 Å². The van der Waals surface area contributed by atoms with Gasteiger partial charge in [-0.25, -0.2) is 0 Å². The van der Waals surface area contributed by atoms with E-state index in [9.17, 15) is 70.9 Å².